The van der Waals surface area contributed by atoms with Crippen LogP contribution in [0, 0.1) is 11.3 Å². The summed E-state index contributed by atoms with van der Waals surface area (Å²) in [5.41, 5.74) is 0.421. The van der Waals surface area contributed by atoms with Crippen LogP contribution >= 0.6 is 12.2 Å². The van der Waals surface area contributed by atoms with E-state index < -0.39 is 40.1 Å². The quantitative estimate of drug-likeness (QED) is 0.393. The molecule has 138 valence electrons. The van der Waals surface area contributed by atoms with Gasteiger partial charge in [0, 0.05) is 0 Å². The molecule has 0 aromatic heterocycles. The van der Waals surface area contributed by atoms with Crippen LogP contribution in [0.15, 0.2) is 16.8 Å². The monoisotopic (exact) mass is 377 g/mol. The molecule has 1 rings (SSSR count). The zero-order valence-electron chi connectivity index (χ0n) is 13.0. The van der Waals surface area contributed by atoms with Gasteiger partial charge < -0.3 is 10.8 Å². The van der Waals surface area contributed by atoms with E-state index in [1.54, 1.807) is 0 Å². The number of thiocarbonyl (C=S) groups is 1. The van der Waals surface area contributed by atoms with Crippen LogP contribution < -0.4 is 11.2 Å². The molecule has 0 radical (unpaired) electrons. The Hall–Kier alpha value is -1.36. The lowest BCUT2D eigenvalue weighted by Crippen LogP contribution is -2.67. The van der Waals surface area contributed by atoms with Gasteiger partial charge >= 0.3 is 12.4 Å². The second-order valence-electron chi connectivity index (χ2n) is 6.36. The summed E-state index contributed by atoms with van der Waals surface area (Å²) in [6.07, 6.45) is -11.0. The number of hydrogen-bond donors (Lipinski definition) is 3. The first kappa shape index (κ1) is 20.7. The molecule has 4 N–H and O–H groups in total. The highest BCUT2D eigenvalue weighted by Gasteiger charge is 2.76. The summed E-state index contributed by atoms with van der Waals surface area (Å²) < 4.78 is 79.7. The topological polar surface area (TPSA) is 70.6 Å². The second kappa shape index (κ2) is 6.17. The number of nitrogens with one attached hydrogen (secondary N) is 1. The molecule has 0 aromatic rings. The fraction of sp³-hybridized carbons (Fsp3) is 0.692. The Morgan fingerprint density at radius 1 is 1.29 bits per heavy atom. The van der Waals surface area contributed by atoms with E-state index in [1.165, 1.54) is 20.8 Å². The van der Waals surface area contributed by atoms with Gasteiger partial charge in [-0.15, -0.1) is 0 Å². The number of halogens is 6. The molecular weight excluding hydrogens is 360 g/mol. The Balaban J connectivity index is 3.68. The van der Waals surface area contributed by atoms with Gasteiger partial charge in [-0.1, -0.05) is 19.4 Å². The maximum Gasteiger partial charge on any atom is 0.426 e. The SMILES string of the molecule is CC1=C/C(=N/NC(N)=S)[C@@H](C(O)(C(F)(F)F)C(F)(F)F)C(C)(C)C1. The van der Waals surface area contributed by atoms with Crippen molar-refractivity contribution in [2.75, 3.05) is 0 Å². The molecule has 0 saturated heterocycles. The van der Waals surface area contributed by atoms with Crippen molar-refractivity contribution in [1.29, 1.82) is 0 Å². The van der Waals surface area contributed by atoms with E-state index in [-0.39, 0.29) is 6.42 Å². The Morgan fingerprint density at radius 3 is 2.12 bits per heavy atom. The van der Waals surface area contributed by atoms with Gasteiger partial charge in [0.2, 0.25) is 0 Å². The van der Waals surface area contributed by atoms with Crippen molar-refractivity contribution in [3.05, 3.63) is 11.6 Å². The van der Waals surface area contributed by atoms with Crippen LogP contribution in [-0.2, 0) is 0 Å². The van der Waals surface area contributed by atoms with E-state index in [4.69, 9.17) is 5.73 Å². The van der Waals surface area contributed by atoms with Crippen molar-refractivity contribution < 1.29 is 31.4 Å². The van der Waals surface area contributed by atoms with Gasteiger partial charge in [-0.05, 0) is 37.1 Å². The number of allylic oxidation sites excluding steroid dienone is 2. The molecule has 1 aliphatic rings. The fourth-order valence-corrected chi connectivity index (χ4v) is 3.14. The summed E-state index contributed by atoms with van der Waals surface area (Å²) in [4.78, 5) is 0. The molecule has 0 aromatic carbocycles. The van der Waals surface area contributed by atoms with E-state index >= 15 is 0 Å². The zero-order chi connectivity index (χ0) is 19.1. The smallest absolute Gasteiger partial charge is 0.375 e. The summed E-state index contributed by atoms with van der Waals surface area (Å²) in [5.74, 6) is -2.41. The number of aliphatic hydroxyl groups is 1. The highest BCUT2D eigenvalue weighted by molar-refractivity contribution is 7.80. The Labute approximate surface area is 139 Å². The van der Waals surface area contributed by atoms with Gasteiger partial charge in [-0.3, -0.25) is 5.43 Å². The largest absolute Gasteiger partial charge is 0.426 e. The normalized spacial score (nSPS) is 23.8. The zero-order valence-corrected chi connectivity index (χ0v) is 13.8. The van der Waals surface area contributed by atoms with Gasteiger partial charge in [-0.2, -0.15) is 31.4 Å². The Bertz CT molecular complexity index is 565. The average Bonchev–Trinajstić information content (AvgIpc) is 2.30. The van der Waals surface area contributed by atoms with Gasteiger partial charge in [0.05, 0.1) is 11.6 Å². The fourth-order valence-electron chi connectivity index (χ4n) is 3.09. The highest BCUT2D eigenvalue weighted by Crippen LogP contribution is 2.55. The summed E-state index contributed by atoms with van der Waals surface area (Å²) >= 11 is 4.46. The number of nitrogens with zero attached hydrogens (tertiary/aromatic N) is 1. The number of rotatable bonds is 2. The lowest BCUT2D eigenvalue weighted by molar-refractivity contribution is -0.385. The minimum atomic E-state index is -5.96. The minimum absolute atomic E-state index is 0.0851. The van der Waals surface area contributed by atoms with Gasteiger partial charge in [0.1, 0.15) is 0 Å². The third kappa shape index (κ3) is 3.66. The third-order valence-corrected chi connectivity index (χ3v) is 3.87. The molecule has 0 unspecified atom stereocenters. The molecular formula is C13H17F6N3OS. The van der Waals surface area contributed by atoms with Crippen LogP contribution in [0.3, 0.4) is 0 Å². The molecule has 4 nitrogen and oxygen atoms in total. The first-order chi connectivity index (χ1) is 10.5. The summed E-state index contributed by atoms with van der Waals surface area (Å²) in [6.45, 7) is 3.94. The number of alkyl halides is 6. The average molecular weight is 377 g/mol. The van der Waals surface area contributed by atoms with Crippen LogP contribution in [0.4, 0.5) is 26.3 Å². The highest BCUT2D eigenvalue weighted by atomic mass is 32.1. The maximum atomic E-state index is 13.3. The molecule has 1 aliphatic carbocycles. The van der Waals surface area contributed by atoms with E-state index in [9.17, 15) is 31.4 Å². The number of nitrogens with two attached hydrogens (primary N) is 1. The van der Waals surface area contributed by atoms with Crippen molar-refractivity contribution in [3.63, 3.8) is 0 Å². The molecule has 0 fully saturated rings. The van der Waals surface area contributed by atoms with E-state index in [0.717, 1.165) is 6.08 Å². The van der Waals surface area contributed by atoms with Crippen molar-refractivity contribution in [2.45, 2.75) is 45.1 Å². The molecule has 0 aliphatic heterocycles. The van der Waals surface area contributed by atoms with Crippen LogP contribution in [-0.4, -0.2) is 33.9 Å². The van der Waals surface area contributed by atoms with Crippen molar-refractivity contribution >= 4 is 23.0 Å². The lowest BCUT2D eigenvalue weighted by atomic mass is 9.61. The molecule has 0 spiro atoms. The lowest BCUT2D eigenvalue weighted by Gasteiger charge is -2.48. The van der Waals surface area contributed by atoms with E-state index in [2.05, 4.69) is 17.3 Å². The second-order valence-corrected chi connectivity index (χ2v) is 6.80. The van der Waals surface area contributed by atoms with Gasteiger partial charge in [0.15, 0.2) is 5.11 Å². The molecule has 1 atom stereocenters. The molecule has 11 heteroatoms. The molecule has 0 bridgehead atoms. The Kier molecular flexibility index (Phi) is 5.32. The first-order valence-corrected chi connectivity index (χ1v) is 7.11. The molecule has 0 saturated carbocycles. The van der Waals surface area contributed by atoms with Gasteiger partial charge in [-0.25, -0.2) is 0 Å². The number of hydrazone groups is 1. The Morgan fingerprint density at radius 2 is 1.75 bits per heavy atom. The standard InChI is InChI=1S/C13H17F6N3OS/c1-6-4-7(21-22-9(20)24)8(10(2,3)5-6)11(23,12(14,15)16)13(17,18)19/h4,8,23H,5H2,1-3H3,(H3,20,22,24)/b21-7-/t8-/m1/s1. The van der Waals surface area contributed by atoms with Crippen molar-refractivity contribution in [2.24, 2.45) is 22.2 Å². The van der Waals surface area contributed by atoms with Crippen molar-refractivity contribution in [3.8, 4) is 0 Å². The summed E-state index contributed by atoms with van der Waals surface area (Å²) in [6, 6.07) is 0. The van der Waals surface area contributed by atoms with E-state index in [1.807, 2.05) is 5.43 Å². The van der Waals surface area contributed by atoms with Crippen molar-refractivity contribution in [1.82, 2.24) is 5.43 Å². The van der Waals surface area contributed by atoms with E-state index in [0.29, 0.717) is 5.57 Å². The van der Waals surface area contributed by atoms with Crippen LogP contribution in [0.1, 0.15) is 27.2 Å². The maximum absolute atomic E-state index is 13.3. The van der Waals surface area contributed by atoms with Gasteiger partial charge in [0.25, 0.3) is 5.60 Å². The van der Waals surface area contributed by atoms with Crippen LogP contribution in [0.2, 0.25) is 0 Å². The predicted octanol–water partition coefficient (Wildman–Crippen LogP) is 3.02. The predicted molar refractivity (Wildman–Crippen MR) is 80.1 cm³/mol. The molecule has 0 heterocycles. The molecule has 0 amide bonds. The third-order valence-electron chi connectivity index (χ3n) is 3.78. The first-order valence-electron chi connectivity index (χ1n) is 6.70. The minimum Gasteiger partial charge on any atom is -0.375 e. The summed E-state index contributed by atoms with van der Waals surface area (Å²) in [5, 5.41) is 12.8. The van der Waals surface area contributed by atoms with Crippen LogP contribution in [0.5, 0.6) is 0 Å². The molecule has 24 heavy (non-hydrogen) atoms. The van der Waals surface area contributed by atoms with Crippen LogP contribution in [0.25, 0.3) is 0 Å². The number of hydrogen-bond acceptors (Lipinski definition) is 3. The summed E-state index contributed by atoms with van der Waals surface area (Å²) in [7, 11) is 0.